The molecule has 0 spiro atoms. The van der Waals surface area contributed by atoms with E-state index in [1.54, 1.807) is 23.2 Å². The fourth-order valence-electron chi connectivity index (χ4n) is 1.62. The van der Waals surface area contributed by atoms with Crippen LogP contribution in [0.25, 0.3) is 0 Å². The molecule has 2 aromatic carbocycles. The van der Waals surface area contributed by atoms with Gasteiger partial charge in [0.05, 0.1) is 10.6 Å². The van der Waals surface area contributed by atoms with Crippen LogP contribution in [-0.2, 0) is 0 Å². The molecule has 0 unspecified atom stereocenters. The summed E-state index contributed by atoms with van der Waals surface area (Å²) in [6.45, 7) is 0. The predicted molar refractivity (Wildman–Crippen MR) is 71.6 cm³/mol. The van der Waals surface area contributed by atoms with Gasteiger partial charge in [-0.05, 0) is 18.2 Å². The average molecular weight is 243 g/mol. The normalized spacial score (nSPS) is 9.83. The zero-order chi connectivity index (χ0) is 13.0. The molecule has 18 heavy (non-hydrogen) atoms. The zero-order valence-electron chi connectivity index (χ0n) is 9.91. The Morgan fingerprint density at radius 2 is 1.67 bits per heavy atom. The Morgan fingerprint density at radius 1 is 1.06 bits per heavy atom. The first-order valence-electron chi connectivity index (χ1n) is 5.47. The summed E-state index contributed by atoms with van der Waals surface area (Å²) in [5, 5.41) is 12.6. The lowest BCUT2D eigenvalue weighted by atomic mass is 10.3. The molecule has 92 valence electrons. The van der Waals surface area contributed by atoms with Gasteiger partial charge in [0.1, 0.15) is 5.69 Å². The number of nitrogens with one attached hydrogen (secondary N) is 1. The number of nitro groups is 1. The molecule has 0 saturated heterocycles. The van der Waals surface area contributed by atoms with Crippen LogP contribution >= 0.6 is 0 Å². The van der Waals surface area contributed by atoms with Crippen LogP contribution in [0.1, 0.15) is 0 Å². The summed E-state index contributed by atoms with van der Waals surface area (Å²) < 4.78 is 0. The second kappa shape index (κ2) is 5.18. The molecule has 0 radical (unpaired) electrons. The van der Waals surface area contributed by atoms with Crippen molar-refractivity contribution >= 4 is 17.1 Å². The van der Waals surface area contributed by atoms with E-state index in [9.17, 15) is 10.1 Å². The average Bonchev–Trinajstić information content (AvgIpc) is 2.40. The molecule has 5 nitrogen and oxygen atoms in total. The second-order valence-corrected chi connectivity index (χ2v) is 3.78. The lowest BCUT2D eigenvalue weighted by molar-refractivity contribution is -0.384. The first-order chi connectivity index (χ1) is 8.68. The van der Waals surface area contributed by atoms with Gasteiger partial charge < -0.3 is 0 Å². The molecule has 0 atom stereocenters. The number of nitrogens with zero attached hydrogens (tertiary/aromatic N) is 2. The molecule has 5 heteroatoms. The summed E-state index contributed by atoms with van der Waals surface area (Å²) in [6.07, 6.45) is 0. The third-order valence-corrected chi connectivity index (χ3v) is 2.53. The largest absolute Gasteiger partial charge is 0.294 e. The summed E-state index contributed by atoms with van der Waals surface area (Å²) in [5.74, 6) is 0. The van der Waals surface area contributed by atoms with E-state index in [0.29, 0.717) is 5.69 Å². The molecule has 1 N–H and O–H groups in total. The van der Waals surface area contributed by atoms with Gasteiger partial charge in [0.15, 0.2) is 0 Å². The molecule has 0 fully saturated rings. The highest BCUT2D eigenvalue weighted by Gasteiger charge is 2.13. The topological polar surface area (TPSA) is 58.4 Å². The van der Waals surface area contributed by atoms with Crippen LogP contribution in [-0.4, -0.2) is 12.0 Å². The minimum absolute atomic E-state index is 0.0558. The van der Waals surface area contributed by atoms with E-state index >= 15 is 0 Å². The molecule has 0 aliphatic rings. The van der Waals surface area contributed by atoms with Crippen molar-refractivity contribution in [3.8, 4) is 0 Å². The maximum Gasteiger partial charge on any atom is 0.294 e. The summed E-state index contributed by atoms with van der Waals surface area (Å²) in [6, 6.07) is 16.1. The Bertz CT molecular complexity index is 543. The molecule has 2 aromatic rings. The van der Waals surface area contributed by atoms with E-state index in [4.69, 9.17) is 0 Å². The van der Waals surface area contributed by atoms with Gasteiger partial charge in [0.2, 0.25) is 0 Å². The van der Waals surface area contributed by atoms with Crippen molar-refractivity contribution < 1.29 is 4.92 Å². The quantitative estimate of drug-likeness (QED) is 0.662. The Morgan fingerprint density at radius 3 is 2.33 bits per heavy atom. The fraction of sp³-hybridized carbons (Fsp3) is 0.0769. The Balaban J connectivity index is 2.22. The fourth-order valence-corrected chi connectivity index (χ4v) is 1.62. The van der Waals surface area contributed by atoms with E-state index in [1.165, 1.54) is 6.07 Å². The molecule has 0 aromatic heterocycles. The van der Waals surface area contributed by atoms with Crippen LogP contribution in [0.15, 0.2) is 54.6 Å². The minimum Gasteiger partial charge on any atom is -0.292 e. The van der Waals surface area contributed by atoms with Gasteiger partial charge in [-0.2, -0.15) is 0 Å². The summed E-state index contributed by atoms with van der Waals surface area (Å²) >= 11 is 0. The molecule has 0 heterocycles. The van der Waals surface area contributed by atoms with E-state index < -0.39 is 4.92 Å². The van der Waals surface area contributed by atoms with Crippen LogP contribution in [0.4, 0.5) is 17.1 Å². The van der Waals surface area contributed by atoms with E-state index in [0.717, 1.165) is 5.69 Å². The van der Waals surface area contributed by atoms with Crippen LogP contribution < -0.4 is 10.4 Å². The van der Waals surface area contributed by atoms with Crippen molar-refractivity contribution in [2.75, 3.05) is 17.5 Å². The van der Waals surface area contributed by atoms with Crippen molar-refractivity contribution in [3.63, 3.8) is 0 Å². The number of nitro benzene ring substituents is 1. The number of anilines is 2. The smallest absolute Gasteiger partial charge is 0.292 e. The number of rotatable bonds is 4. The molecule has 0 aliphatic heterocycles. The van der Waals surface area contributed by atoms with Crippen LogP contribution in [0.5, 0.6) is 0 Å². The first-order valence-corrected chi connectivity index (χ1v) is 5.47. The van der Waals surface area contributed by atoms with Gasteiger partial charge >= 0.3 is 0 Å². The molecule has 2 rings (SSSR count). The SMILES string of the molecule is CN(Nc1ccccc1[N+](=O)[O-])c1ccccc1. The van der Waals surface area contributed by atoms with Crippen molar-refractivity contribution in [1.29, 1.82) is 0 Å². The molecular formula is C13H13N3O2. The van der Waals surface area contributed by atoms with E-state index in [1.807, 2.05) is 37.4 Å². The molecule has 0 aliphatic carbocycles. The van der Waals surface area contributed by atoms with E-state index in [2.05, 4.69) is 5.43 Å². The highest BCUT2D eigenvalue weighted by Crippen LogP contribution is 2.24. The van der Waals surface area contributed by atoms with Crippen LogP contribution in [0, 0.1) is 10.1 Å². The van der Waals surface area contributed by atoms with Gasteiger partial charge in [-0.3, -0.25) is 20.5 Å². The maximum atomic E-state index is 10.9. The highest BCUT2D eigenvalue weighted by molar-refractivity contribution is 5.64. The van der Waals surface area contributed by atoms with Gasteiger partial charge in [0, 0.05) is 13.1 Å². The number of hydrazine groups is 1. The Kier molecular flexibility index (Phi) is 3.43. The number of benzene rings is 2. The number of hydrogen-bond donors (Lipinski definition) is 1. The third kappa shape index (κ3) is 2.57. The monoisotopic (exact) mass is 243 g/mol. The molecule has 0 saturated carbocycles. The second-order valence-electron chi connectivity index (χ2n) is 3.78. The Labute approximate surface area is 105 Å². The maximum absolute atomic E-state index is 10.9. The molecule has 0 bridgehead atoms. The zero-order valence-corrected chi connectivity index (χ0v) is 9.91. The minimum atomic E-state index is -0.402. The van der Waals surface area contributed by atoms with Crippen LogP contribution in [0.3, 0.4) is 0 Å². The summed E-state index contributed by atoms with van der Waals surface area (Å²) in [7, 11) is 1.81. The lowest BCUT2D eigenvalue weighted by Crippen LogP contribution is -2.24. The number of para-hydroxylation sites is 3. The van der Waals surface area contributed by atoms with Crippen molar-refractivity contribution in [3.05, 3.63) is 64.7 Å². The third-order valence-electron chi connectivity index (χ3n) is 2.53. The van der Waals surface area contributed by atoms with Crippen molar-refractivity contribution in [2.45, 2.75) is 0 Å². The summed E-state index contributed by atoms with van der Waals surface area (Å²) in [5.41, 5.74) is 4.45. The molecule has 0 amide bonds. The summed E-state index contributed by atoms with van der Waals surface area (Å²) in [4.78, 5) is 10.5. The van der Waals surface area contributed by atoms with Gasteiger partial charge in [0.25, 0.3) is 5.69 Å². The van der Waals surface area contributed by atoms with Crippen molar-refractivity contribution in [1.82, 2.24) is 0 Å². The van der Waals surface area contributed by atoms with Gasteiger partial charge in [-0.25, -0.2) is 0 Å². The van der Waals surface area contributed by atoms with Crippen molar-refractivity contribution in [2.24, 2.45) is 0 Å². The standard InChI is InChI=1S/C13H13N3O2/c1-15(11-7-3-2-4-8-11)14-12-9-5-6-10-13(12)16(17)18/h2-10,14H,1H3. The highest BCUT2D eigenvalue weighted by atomic mass is 16.6. The lowest BCUT2D eigenvalue weighted by Gasteiger charge is -2.21. The first kappa shape index (κ1) is 11.9. The van der Waals surface area contributed by atoms with Gasteiger partial charge in [-0.15, -0.1) is 0 Å². The molecular weight excluding hydrogens is 230 g/mol. The van der Waals surface area contributed by atoms with Crippen LogP contribution in [0.2, 0.25) is 0 Å². The van der Waals surface area contributed by atoms with E-state index in [-0.39, 0.29) is 5.69 Å². The van der Waals surface area contributed by atoms with Gasteiger partial charge in [-0.1, -0.05) is 30.3 Å². The Hall–Kier alpha value is -2.56. The predicted octanol–water partition coefficient (Wildman–Crippen LogP) is 3.06. The number of hydrogen-bond acceptors (Lipinski definition) is 4.